The van der Waals surface area contributed by atoms with E-state index in [1.165, 1.54) is 6.26 Å². The van der Waals surface area contributed by atoms with Gasteiger partial charge in [0.05, 0.1) is 10.5 Å². The molecule has 0 amide bonds. The summed E-state index contributed by atoms with van der Waals surface area (Å²) in [4.78, 5) is 0. The van der Waals surface area contributed by atoms with E-state index in [0.29, 0.717) is 19.6 Å². The molecule has 2 N–H and O–H groups in total. The summed E-state index contributed by atoms with van der Waals surface area (Å²) >= 11 is 0. The zero-order chi connectivity index (χ0) is 19.1. The van der Waals surface area contributed by atoms with Crippen molar-refractivity contribution in [2.24, 2.45) is 10.6 Å². The molecular weight excluding hydrogens is 350 g/mol. The number of hydrogen-bond donors (Lipinski definition) is 1. The number of nitrogens with two attached hydrogens (primary N) is 1. The number of sulfone groups is 1. The molecule has 0 aliphatic rings. The highest BCUT2D eigenvalue weighted by Crippen LogP contribution is 2.24. The molecule has 146 valence electrons. The molecule has 8 heteroatoms. The summed E-state index contributed by atoms with van der Waals surface area (Å²) in [7, 11) is -6.46. The number of unbranched alkanes of at least 4 members (excludes halogenated alkanes) is 2. The molecule has 0 heterocycles. The van der Waals surface area contributed by atoms with Crippen LogP contribution in [0.1, 0.15) is 66.2 Å². The lowest BCUT2D eigenvalue weighted by atomic mass is 9.89. The topological polar surface area (TPSA) is 104 Å². The van der Waals surface area contributed by atoms with Gasteiger partial charge >= 0.3 is 0 Å². The summed E-state index contributed by atoms with van der Waals surface area (Å²) in [5.41, 5.74) is -0.315. The maximum Gasteiger partial charge on any atom is 0.209 e. The van der Waals surface area contributed by atoms with Crippen LogP contribution in [0.5, 0.6) is 0 Å². The van der Waals surface area contributed by atoms with Crippen LogP contribution in [0, 0.1) is 5.41 Å². The molecule has 0 radical (unpaired) electrons. The van der Waals surface area contributed by atoms with Gasteiger partial charge < -0.3 is 4.74 Å². The average Bonchev–Trinajstić information content (AvgIpc) is 2.32. The number of ether oxygens (including phenoxy) is 1. The summed E-state index contributed by atoms with van der Waals surface area (Å²) in [5, 5.41) is 5.09. The first-order chi connectivity index (χ1) is 10.7. The Kier molecular flexibility index (Phi) is 9.43. The molecule has 0 aliphatic carbocycles. The smallest absolute Gasteiger partial charge is 0.209 e. The Balaban J connectivity index is 3.73. The predicted octanol–water partition coefficient (Wildman–Crippen LogP) is 2.48. The van der Waals surface area contributed by atoms with Gasteiger partial charge in [-0.15, -0.1) is 0 Å². The minimum absolute atomic E-state index is 0.00300. The van der Waals surface area contributed by atoms with Crippen LogP contribution in [-0.2, 0) is 24.6 Å². The van der Waals surface area contributed by atoms with Gasteiger partial charge in [-0.2, -0.15) is 0 Å². The summed E-state index contributed by atoms with van der Waals surface area (Å²) < 4.78 is 50.3. The highest BCUT2D eigenvalue weighted by atomic mass is 32.2. The van der Waals surface area contributed by atoms with Crippen LogP contribution in [0.15, 0.2) is 0 Å². The lowest BCUT2D eigenvalue weighted by molar-refractivity contribution is 0.123. The zero-order valence-electron chi connectivity index (χ0n) is 15.8. The van der Waals surface area contributed by atoms with Gasteiger partial charge in [0, 0.05) is 19.5 Å². The van der Waals surface area contributed by atoms with Crippen LogP contribution in [0.25, 0.3) is 0 Å². The fourth-order valence-corrected chi connectivity index (χ4v) is 4.22. The van der Waals surface area contributed by atoms with E-state index in [1.54, 1.807) is 13.8 Å². The molecule has 0 unspecified atom stereocenters. The third-order valence-corrected chi connectivity index (χ3v) is 7.70. The van der Waals surface area contributed by atoms with E-state index in [1.807, 2.05) is 13.8 Å². The van der Waals surface area contributed by atoms with Crippen molar-refractivity contribution in [3.05, 3.63) is 0 Å². The number of hydrogen-bond acceptors (Lipinski definition) is 5. The molecule has 0 saturated heterocycles. The highest BCUT2D eigenvalue weighted by molar-refractivity contribution is 7.92. The monoisotopic (exact) mass is 385 g/mol. The Morgan fingerprint density at radius 1 is 0.833 bits per heavy atom. The second kappa shape index (κ2) is 9.50. The minimum atomic E-state index is -3.44. The largest absolute Gasteiger partial charge is 0.381 e. The van der Waals surface area contributed by atoms with Crippen molar-refractivity contribution in [1.82, 2.24) is 0 Å². The zero-order valence-corrected chi connectivity index (χ0v) is 17.4. The Bertz CT molecular complexity index is 565. The van der Waals surface area contributed by atoms with Crippen LogP contribution in [0.2, 0.25) is 0 Å². The fourth-order valence-electron chi connectivity index (χ4n) is 2.47. The lowest BCUT2D eigenvalue weighted by Crippen LogP contribution is -2.30. The lowest BCUT2D eigenvalue weighted by Gasteiger charge is -2.23. The Morgan fingerprint density at radius 2 is 1.29 bits per heavy atom. The van der Waals surface area contributed by atoms with Crippen LogP contribution in [-0.4, -0.2) is 46.8 Å². The van der Waals surface area contributed by atoms with E-state index in [2.05, 4.69) is 0 Å². The summed E-state index contributed by atoms with van der Waals surface area (Å²) in [6, 6.07) is 0. The molecule has 0 rings (SSSR count). The van der Waals surface area contributed by atoms with Crippen LogP contribution in [0.4, 0.5) is 0 Å². The van der Waals surface area contributed by atoms with Crippen molar-refractivity contribution in [3.63, 3.8) is 0 Å². The maximum absolute atomic E-state index is 11.6. The van der Waals surface area contributed by atoms with E-state index >= 15 is 0 Å². The number of sulfonamides is 1. The van der Waals surface area contributed by atoms with Crippen molar-refractivity contribution in [3.8, 4) is 0 Å². The third-order valence-electron chi connectivity index (χ3n) is 4.31. The average molecular weight is 386 g/mol. The fraction of sp³-hybridized carbons (Fsp3) is 1.00. The number of rotatable bonds is 13. The molecule has 0 spiro atoms. The van der Waals surface area contributed by atoms with Crippen LogP contribution >= 0.6 is 0 Å². The Morgan fingerprint density at radius 3 is 1.71 bits per heavy atom. The second-order valence-electron chi connectivity index (χ2n) is 8.03. The maximum atomic E-state index is 11.6. The van der Waals surface area contributed by atoms with Crippen molar-refractivity contribution in [2.45, 2.75) is 71.0 Å². The normalized spacial score (nSPS) is 14.1. The first-order valence-corrected chi connectivity index (χ1v) is 12.0. The van der Waals surface area contributed by atoms with Crippen molar-refractivity contribution >= 4 is 19.9 Å². The SMILES string of the molecule is CC(C)(CCCCOCCCCC(C)(C)S(C)(=O)=O)CS(N)(=O)=O. The molecular formula is C16H35NO5S2. The van der Waals surface area contributed by atoms with Crippen LogP contribution < -0.4 is 5.14 Å². The molecule has 0 aromatic carbocycles. The minimum Gasteiger partial charge on any atom is -0.381 e. The van der Waals surface area contributed by atoms with Gasteiger partial charge in [-0.25, -0.2) is 22.0 Å². The highest BCUT2D eigenvalue weighted by Gasteiger charge is 2.29. The standard InChI is InChI=1S/C16H35NO5S2/c1-15(2,14-24(17,20)21)10-6-8-12-22-13-9-7-11-16(3,4)23(5,18)19/h6-14H2,1-5H3,(H2,17,20,21). The number of primary sulfonamides is 1. The molecule has 6 nitrogen and oxygen atoms in total. The van der Waals surface area contributed by atoms with Crippen molar-refractivity contribution < 1.29 is 21.6 Å². The second-order valence-corrected chi connectivity index (χ2v) is 12.3. The van der Waals surface area contributed by atoms with Gasteiger partial charge in [-0.05, 0) is 51.4 Å². The van der Waals surface area contributed by atoms with E-state index in [9.17, 15) is 16.8 Å². The first-order valence-electron chi connectivity index (χ1n) is 8.44. The molecule has 0 aliphatic heterocycles. The molecule has 0 aromatic rings. The van der Waals surface area contributed by atoms with Gasteiger partial charge in [0.25, 0.3) is 0 Å². The molecule has 0 bridgehead atoms. The third kappa shape index (κ3) is 11.4. The Labute approximate surface area is 148 Å². The van der Waals surface area contributed by atoms with Gasteiger partial charge in [-0.3, -0.25) is 0 Å². The molecule has 0 atom stereocenters. The molecule has 24 heavy (non-hydrogen) atoms. The van der Waals surface area contributed by atoms with Gasteiger partial charge in [-0.1, -0.05) is 20.3 Å². The van der Waals surface area contributed by atoms with Gasteiger partial charge in [0.1, 0.15) is 0 Å². The van der Waals surface area contributed by atoms with E-state index < -0.39 is 24.6 Å². The molecule has 0 fully saturated rings. The predicted molar refractivity (Wildman–Crippen MR) is 99.2 cm³/mol. The summed E-state index contributed by atoms with van der Waals surface area (Å²) in [6.07, 6.45) is 6.14. The van der Waals surface area contributed by atoms with Crippen molar-refractivity contribution in [1.29, 1.82) is 0 Å². The first kappa shape index (κ1) is 23.8. The van der Waals surface area contributed by atoms with Gasteiger partial charge in [0.15, 0.2) is 9.84 Å². The van der Waals surface area contributed by atoms with E-state index in [0.717, 1.165) is 32.1 Å². The summed E-state index contributed by atoms with van der Waals surface area (Å²) in [6.45, 7) is 8.59. The van der Waals surface area contributed by atoms with E-state index in [-0.39, 0.29) is 11.2 Å². The molecule has 0 saturated carbocycles. The Hall–Kier alpha value is -0.180. The quantitative estimate of drug-likeness (QED) is 0.491. The van der Waals surface area contributed by atoms with Crippen molar-refractivity contribution in [2.75, 3.05) is 25.2 Å². The van der Waals surface area contributed by atoms with E-state index in [4.69, 9.17) is 9.88 Å². The van der Waals surface area contributed by atoms with Gasteiger partial charge in [0.2, 0.25) is 10.0 Å². The molecule has 0 aromatic heterocycles. The van der Waals surface area contributed by atoms with Crippen LogP contribution in [0.3, 0.4) is 0 Å². The summed E-state index contributed by atoms with van der Waals surface area (Å²) in [5.74, 6) is -0.00300.